The molecule has 0 unspecified atom stereocenters. The average molecular weight is 543 g/mol. The van der Waals surface area contributed by atoms with Crippen molar-refractivity contribution in [1.29, 1.82) is 0 Å². The van der Waals surface area contributed by atoms with E-state index in [-0.39, 0.29) is 17.2 Å². The Morgan fingerprint density at radius 2 is 1.69 bits per heavy atom. The molecule has 0 radical (unpaired) electrons. The van der Waals surface area contributed by atoms with Crippen molar-refractivity contribution in [3.05, 3.63) is 60.6 Å². The summed E-state index contributed by atoms with van der Waals surface area (Å²) in [6, 6.07) is 10.5. The van der Waals surface area contributed by atoms with E-state index >= 15 is 0 Å². The van der Waals surface area contributed by atoms with Crippen LogP contribution >= 0.6 is 0 Å². The molecule has 2 aromatic carbocycles. The topological polar surface area (TPSA) is 94.3 Å². The van der Waals surface area contributed by atoms with Crippen LogP contribution in [0.5, 0.6) is 17.2 Å². The average Bonchev–Trinajstić information content (AvgIpc) is 3.28. The van der Waals surface area contributed by atoms with Crippen molar-refractivity contribution in [2.75, 3.05) is 45.3 Å². The molecule has 39 heavy (non-hydrogen) atoms. The van der Waals surface area contributed by atoms with Crippen LogP contribution < -0.4 is 19.1 Å². The normalized spacial score (nSPS) is 14.3. The van der Waals surface area contributed by atoms with E-state index in [0.29, 0.717) is 49.9 Å². The number of alkyl halides is 3. The van der Waals surface area contributed by atoms with E-state index < -0.39 is 6.36 Å². The lowest BCUT2D eigenvalue weighted by Gasteiger charge is -2.26. The molecule has 0 atom stereocenters. The fourth-order valence-electron chi connectivity index (χ4n) is 4.59. The number of hydrogen-bond acceptors (Lipinski definition) is 8. The van der Waals surface area contributed by atoms with Crippen LogP contribution in [-0.4, -0.2) is 77.2 Å². The van der Waals surface area contributed by atoms with Gasteiger partial charge in [-0.1, -0.05) is 6.07 Å². The van der Waals surface area contributed by atoms with Crippen molar-refractivity contribution < 1.29 is 32.2 Å². The van der Waals surface area contributed by atoms with E-state index in [4.69, 9.17) is 9.47 Å². The molecule has 0 spiro atoms. The fourth-order valence-corrected chi connectivity index (χ4v) is 4.59. The first-order valence-electron chi connectivity index (χ1n) is 12.1. The van der Waals surface area contributed by atoms with Gasteiger partial charge in [-0.15, -0.1) is 13.2 Å². The van der Waals surface area contributed by atoms with Gasteiger partial charge in [-0.2, -0.15) is 14.6 Å². The highest BCUT2D eigenvalue weighted by molar-refractivity contribution is 5.94. The van der Waals surface area contributed by atoms with Gasteiger partial charge in [0.05, 0.1) is 14.2 Å². The van der Waals surface area contributed by atoms with Gasteiger partial charge < -0.3 is 24.0 Å². The number of carbonyl (C=O) groups excluding carboxylic acids is 1. The Bertz CT molecular complexity index is 1480. The number of anilines is 1. The van der Waals surface area contributed by atoms with Gasteiger partial charge in [-0.05, 0) is 48.4 Å². The summed E-state index contributed by atoms with van der Waals surface area (Å²) in [5.41, 5.74) is 1.92. The van der Waals surface area contributed by atoms with Gasteiger partial charge in [0.25, 0.3) is 11.7 Å². The van der Waals surface area contributed by atoms with E-state index in [1.165, 1.54) is 18.5 Å². The Morgan fingerprint density at radius 3 is 2.41 bits per heavy atom. The molecule has 204 valence electrons. The second-order valence-corrected chi connectivity index (χ2v) is 8.74. The standard InChI is InChI=1S/C26H25F3N6O4/c1-37-21-9-6-18(14-22(21)38-2)20-15-30-25-31-16-32-35(25)23(20)33-10-3-11-34(13-12-33)24(36)17-4-7-19(8-5-17)39-26(27,28)29/h4-9,14-16H,3,10-13H2,1-2H3. The first kappa shape index (κ1) is 26.1. The summed E-state index contributed by atoms with van der Waals surface area (Å²) in [6.07, 6.45) is -0.966. The summed E-state index contributed by atoms with van der Waals surface area (Å²) < 4.78 is 53.8. The Balaban J connectivity index is 1.40. The van der Waals surface area contributed by atoms with E-state index in [2.05, 4.69) is 24.7 Å². The molecule has 2 aromatic heterocycles. The lowest BCUT2D eigenvalue weighted by molar-refractivity contribution is -0.274. The maximum Gasteiger partial charge on any atom is 0.573 e. The highest BCUT2D eigenvalue weighted by atomic mass is 19.4. The molecular formula is C26H25F3N6O4. The summed E-state index contributed by atoms with van der Waals surface area (Å²) in [5, 5.41) is 4.40. The summed E-state index contributed by atoms with van der Waals surface area (Å²) in [7, 11) is 3.14. The van der Waals surface area contributed by atoms with Crippen LogP contribution in [0.1, 0.15) is 16.8 Å². The van der Waals surface area contributed by atoms with Gasteiger partial charge in [-0.25, -0.2) is 4.98 Å². The second-order valence-electron chi connectivity index (χ2n) is 8.74. The minimum Gasteiger partial charge on any atom is -0.493 e. The van der Waals surface area contributed by atoms with Crippen molar-refractivity contribution in [3.63, 3.8) is 0 Å². The van der Waals surface area contributed by atoms with Crippen LogP contribution in [0.15, 0.2) is 55.0 Å². The molecule has 1 aliphatic rings. The summed E-state index contributed by atoms with van der Waals surface area (Å²) in [5.74, 6) is 1.73. The number of aromatic nitrogens is 4. The predicted octanol–water partition coefficient (Wildman–Crippen LogP) is 4.06. The third kappa shape index (κ3) is 5.52. The van der Waals surface area contributed by atoms with Crippen LogP contribution in [0.3, 0.4) is 0 Å². The zero-order valence-electron chi connectivity index (χ0n) is 21.2. The van der Waals surface area contributed by atoms with Crippen LogP contribution in [0.25, 0.3) is 16.9 Å². The monoisotopic (exact) mass is 542 g/mol. The Morgan fingerprint density at radius 1 is 0.923 bits per heavy atom. The molecule has 5 rings (SSSR count). The molecule has 13 heteroatoms. The number of amides is 1. The zero-order valence-corrected chi connectivity index (χ0v) is 21.2. The number of methoxy groups -OCH3 is 2. The number of rotatable bonds is 6. The zero-order chi connectivity index (χ0) is 27.6. The molecule has 1 fully saturated rings. The number of ether oxygens (including phenoxy) is 3. The largest absolute Gasteiger partial charge is 0.573 e. The first-order valence-corrected chi connectivity index (χ1v) is 12.1. The van der Waals surface area contributed by atoms with Crippen molar-refractivity contribution in [2.24, 2.45) is 0 Å². The molecular weight excluding hydrogens is 517 g/mol. The number of halogens is 3. The predicted molar refractivity (Wildman–Crippen MR) is 135 cm³/mol. The molecule has 0 saturated carbocycles. The minimum absolute atomic E-state index is 0.267. The molecule has 10 nitrogen and oxygen atoms in total. The summed E-state index contributed by atoms with van der Waals surface area (Å²) in [6.45, 7) is 1.98. The second kappa shape index (κ2) is 10.7. The van der Waals surface area contributed by atoms with Gasteiger partial charge in [0.2, 0.25) is 0 Å². The number of benzene rings is 2. The Labute approximate surface area is 221 Å². The fraction of sp³-hybridized carbons (Fsp3) is 0.308. The molecule has 3 heterocycles. The maximum absolute atomic E-state index is 13.2. The van der Waals surface area contributed by atoms with Gasteiger partial charge >= 0.3 is 6.36 Å². The van der Waals surface area contributed by atoms with Gasteiger partial charge in [0.1, 0.15) is 17.9 Å². The summed E-state index contributed by atoms with van der Waals surface area (Å²) in [4.78, 5) is 25.7. The summed E-state index contributed by atoms with van der Waals surface area (Å²) >= 11 is 0. The SMILES string of the molecule is COc1ccc(-c2cnc3ncnn3c2N2CCCN(C(=O)c3ccc(OC(F)(F)F)cc3)CC2)cc1OC. The smallest absolute Gasteiger partial charge is 0.493 e. The molecule has 1 saturated heterocycles. The van der Waals surface area contributed by atoms with E-state index in [1.54, 1.807) is 29.8 Å². The first-order chi connectivity index (χ1) is 18.8. The molecule has 0 bridgehead atoms. The molecule has 1 aliphatic heterocycles. The van der Waals surface area contributed by atoms with Gasteiger partial charge in [-0.3, -0.25) is 4.79 Å². The molecule has 0 N–H and O–H groups in total. The van der Waals surface area contributed by atoms with Crippen LogP contribution in [0.4, 0.5) is 19.0 Å². The lowest BCUT2D eigenvalue weighted by Crippen LogP contribution is -2.35. The molecule has 1 amide bonds. The van der Waals surface area contributed by atoms with Crippen LogP contribution in [0.2, 0.25) is 0 Å². The number of nitrogens with zero attached hydrogens (tertiary/aromatic N) is 6. The quantitative estimate of drug-likeness (QED) is 0.360. The Kier molecular flexibility index (Phi) is 7.13. The van der Waals surface area contributed by atoms with Gasteiger partial charge in [0.15, 0.2) is 11.5 Å². The van der Waals surface area contributed by atoms with Crippen molar-refractivity contribution in [2.45, 2.75) is 12.8 Å². The van der Waals surface area contributed by atoms with E-state index in [9.17, 15) is 18.0 Å². The lowest BCUT2D eigenvalue weighted by atomic mass is 10.1. The maximum atomic E-state index is 13.2. The molecule has 4 aromatic rings. The third-order valence-electron chi connectivity index (χ3n) is 6.39. The van der Waals surface area contributed by atoms with Crippen molar-refractivity contribution in [1.82, 2.24) is 24.5 Å². The highest BCUT2D eigenvalue weighted by Crippen LogP contribution is 2.36. The third-order valence-corrected chi connectivity index (χ3v) is 6.39. The highest BCUT2D eigenvalue weighted by Gasteiger charge is 2.31. The van der Waals surface area contributed by atoms with Crippen molar-refractivity contribution >= 4 is 17.5 Å². The van der Waals surface area contributed by atoms with E-state index in [0.717, 1.165) is 29.1 Å². The number of carbonyl (C=O) groups is 1. The number of hydrogen-bond donors (Lipinski definition) is 0. The Hall–Kier alpha value is -4.55. The van der Waals surface area contributed by atoms with E-state index in [1.807, 2.05) is 18.2 Å². The molecule has 0 aliphatic carbocycles. The van der Waals surface area contributed by atoms with Crippen LogP contribution in [0, 0.1) is 0 Å². The van der Waals surface area contributed by atoms with Crippen LogP contribution in [-0.2, 0) is 0 Å². The van der Waals surface area contributed by atoms with Crippen molar-refractivity contribution in [3.8, 4) is 28.4 Å². The minimum atomic E-state index is -4.79. The van der Waals surface area contributed by atoms with Gasteiger partial charge in [0, 0.05) is 43.5 Å². The number of fused-ring (bicyclic) bond motifs is 1.